The van der Waals surface area contributed by atoms with Crippen LogP contribution in [0, 0.1) is 6.92 Å². The van der Waals surface area contributed by atoms with Crippen LogP contribution in [-0.4, -0.2) is 65.4 Å². The normalized spacial score (nSPS) is 23.1. The summed E-state index contributed by atoms with van der Waals surface area (Å²) in [6.45, 7) is 3.29. The predicted molar refractivity (Wildman–Crippen MR) is 92.7 cm³/mol. The number of rotatable bonds is 3. The smallest absolute Gasteiger partial charge is 0.251 e. The zero-order valence-corrected chi connectivity index (χ0v) is 15.4. The van der Waals surface area contributed by atoms with Crippen molar-refractivity contribution < 1.29 is 13.2 Å². The lowest BCUT2D eigenvalue weighted by Gasteiger charge is -2.34. The van der Waals surface area contributed by atoms with Gasteiger partial charge in [-0.3, -0.25) is 9.59 Å². The third-order valence-electron chi connectivity index (χ3n) is 5.02. The first-order chi connectivity index (χ1) is 11.8. The molecule has 1 aromatic rings. The second-order valence-corrected chi connectivity index (χ2v) is 8.82. The molecule has 1 N–H and O–H groups in total. The lowest BCUT2D eigenvalue weighted by atomic mass is 9.93. The maximum Gasteiger partial charge on any atom is 0.251 e. The molecule has 0 radical (unpaired) electrons. The Labute approximate surface area is 147 Å². The number of hydrogen-bond acceptors (Lipinski definition) is 5. The average molecular weight is 368 g/mol. The largest absolute Gasteiger partial charge is 0.341 e. The molecular formula is C16H24N4O4S. The van der Waals surface area contributed by atoms with Gasteiger partial charge in [0.1, 0.15) is 11.9 Å². The molecular weight excluding hydrogens is 344 g/mol. The van der Waals surface area contributed by atoms with Gasteiger partial charge in [-0.2, -0.15) is 4.31 Å². The molecule has 3 heterocycles. The van der Waals surface area contributed by atoms with Crippen molar-refractivity contribution in [3.8, 4) is 0 Å². The van der Waals surface area contributed by atoms with Gasteiger partial charge in [-0.15, -0.1) is 0 Å². The molecule has 2 saturated heterocycles. The van der Waals surface area contributed by atoms with Crippen LogP contribution in [0.4, 0.5) is 0 Å². The van der Waals surface area contributed by atoms with Crippen molar-refractivity contribution in [1.82, 2.24) is 19.2 Å². The van der Waals surface area contributed by atoms with Crippen molar-refractivity contribution >= 4 is 15.9 Å². The molecule has 0 spiro atoms. The first-order valence-electron chi connectivity index (χ1n) is 8.59. The Kier molecular flexibility index (Phi) is 4.97. The molecule has 3 rings (SSSR count). The molecule has 0 aliphatic carbocycles. The molecule has 2 aliphatic rings. The molecule has 1 aromatic heterocycles. The summed E-state index contributed by atoms with van der Waals surface area (Å²) >= 11 is 0. The Morgan fingerprint density at radius 1 is 1.24 bits per heavy atom. The van der Waals surface area contributed by atoms with Crippen LogP contribution in [0.1, 0.15) is 43.1 Å². The highest BCUT2D eigenvalue weighted by molar-refractivity contribution is 7.88. The van der Waals surface area contributed by atoms with E-state index in [0.717, 1.165) is 31.2 Å². The fourth-order valence-corrected chi connectivity index (χ4v) is 4.92. The van der Waals surface area contributed by atoms with Crippen molar-refractivity contribution in [3.63, 3.8) is 0 Å². The van der Waals surface area contributed by atoms with E-state index in [2.05, 4.69) is 9.97 Å². The van der Waals surface area contributed by atoms with Gasteiger partial charge >= 0.3 is 0 Å². The maximum absolute atomic E-state index is 12.8. The Morgan fingerprint density at radius 2 is 1.92 bits per heavy atom. The second kappa shape index (κ2) is 6.87. The molecule has 2 fully saturated rings. The highest BCUT2D eigenvalue weighted by atomic mass is 32.2. The summed E-state index contributed by atoms with van der Waals surface area (Å²) < 4.78 is 25.0. The SMILES string of the molecule is Cc1nc(C2CCN(C(=O)[C@@H]3CCCN3S(C)(=O)=O)CC2)cc(=O)[nH]1. The van der Waals surface area contributed by atoms with Crippen molar-refractivity contribution in [1.29, 1.82) is 0 Å². The minimum atomic E-state index is -3.36. The van der Waals surface area contributed by atoms with E-state index in [-0.39, 0.29) is 17.4 Å². The van der Waals surface area contributed by atoms with Crippen LogP contribution < -0.4 is 5.56 Å². The highest BCUT2D eigenvalue weighted by Gasteiger charge is 2.39. The van der Waals surface area contributed by atoms with Gasteiger partial charge in [0.25, 0.3) is 5.56 Å². The summed E-state index contributed by atoms with van der Waals surface area (Å²) in [6.07, 6.45) is 3.92. The number of carbonyl (C=O) groups excluding carboxylic acids is 1. The predicted octanol–water partition coefficient (Wildman–Crippen LogP) is 0.208. The van der Waals surface area contributed by atoms with E-state index >= 15 is 0 Å². The summed E-state index contributed by atoms with van der Waals surface area (Å²) in [6, 6.07) is 0.962. The van der Waals surface area contributed by atoms with Crippen LogP contribution in [0.15, 0.2) is 10.9 Å². The van der Waals surface area contributed by atoms with Gasteiger partial charge in [0.15, 0.2) is 0 Å². The summed E-state index contributed by atoms with van der Waals surface area (Å²) in [4.78, 5) is 33.2. The number of sulfonamides is 1. The molecule has 2 aliphatic heterocycles. The topological polar surface area (TPSA) is 103 Å². The third kappa shape index (κ3) is 3.92. The summed E-state index contributed by atoms with van der Waals surface area (Å²) in [5.41, 5.74) is 0.614. The Balaban J connectivity index is 1.66. The van der Waals surface area contributed by atoms with Gasteiger partial charge < -0.3 is 9.88 Å². The number of nitrogens with one attached hydrogen (secondary N) is 1. The number of aromatic amines is 1. The van der Waals surface area contributed by atoms with Crippen LogP contribution >= 0.6 is 0 Å². The van der Waals surface area contributed by atoms with E-state index in [9.17, 15) is 18.0 Å². The van der Waals surface area contributed by atoms with Gasteiger partial charge in [-0.05, 0) is 32.6 Å². The molecule has 25 heavy (non-hydrogen) atoms. The first-order valence-corrected chi connectivity index (χ1v) is 10.4. The van der Waals surface area contributed by atoms with E-state index in [0.29, 0.717) is 31.9 Å². The molecule has 0 saturated carbocycles. The van der Waals surface area contributed by atoms with Crippen LogP contribution in [0.25, 0.3) is 0 Å². The third-order valence-corrected chi connectivity index (χ3v) is 6.31. The highest BCUT2D eigenvalue weighted by Crippen LogP contribution is 2.28. The number of piperidine rings is 1. The molecule has 1 atom stereocenters. The summed E-state index contributed by atoms with van der Waals surface area (Å²) in [7, 11) is -3.36. The van der Waals surface area contributed by atoms with Gasteiger partial charge in [0, 0.05) is 31.6 Å². The Morgan fingerprint density at radius 3 is 2.52 bits per heavy atom. The summed E-state index contributed by atoms with van der Waals surface area (Å²) in [5, 5.41) is 0. The number of amides is 1. The maximum atomic E-state index is 12.8. The molecule has 0 unspecified atom stereocenters. The lowest BCUT2D eigenvalue weighted by molar-refractivity contribution is -0.135. The minimum absolute atomic E-state index is 0.101. The quantitative estimate of drug-likeness (QED) is 0.821. The molecule has 1 amide bonds. The second-order valence-electron chi connectivity index (χ2n) is 6.89. The number of aryl methyl sites for hydroxylation is 1. The number of aromatic nitrogens is 2. The van der Waals surface area contributed by atoms with Crippen LogP contribution in [0.2, 0.25) is 0 Å². The first kappa shape index (κ1) is 18.1. The van der Waals surface area contributed by atoms with E-state index < -0.39 is 16.1 Å². The molecule has 0 aromatic carbocycles. The lowest BCUT2D eigenvalue weighted by Crippen LogP contribution is -2.49. The standard InChI is InChI=1S/C16H24N4O4S/c1-11-17-13(10-15(21)18-11)12-5-8-19(9-6-12)16(22)14-4-3-7-20(14)25(2,23)24/h10,12,14H,3-9H2,1-2H3,(H,17,18,21)/t14-/m0/s1. The van der Waals surface area contributed by atoms with Gasteiger partial charge in [0.2, 0.25) is 15.9 Å². The Hall–Kier alpha value is -1.74. The van der Waals surface area contributed by atoms with Crippen LogP contribution in [0.3, 0.4) is 0 Å². The van der Waals surface area contributed by atoms with E-state index in [4.69, 9.17) is 0 Å². The molecule has 138 valence electrons. The Bertz CT molecular complexity index is 812. The fourth-order valence-electron chi connectivity index (χ4n) is 3.80. The zero-order chi connectivity index (χ0) is 18.2. The minimum Gasteiger partial charge on any atom is -0.341 e. The number of nitrogens with zero attached hydrogens (tertiary/aromatic N) is 3. The zero-order valence-electron chi connectivity index (χ0n) is 14.6. The van der Waals surface area contributed by atoms with Gasteiger partial charge in [-0.1, -0.05) is 0 Å². The average Bonchev–Trinajstić information content (AvgIpc) is 3.03. The van der Waals surface area contributed by atoms with Crippen molar-refractivity contribution in [2.75, 3.05) is 25.9 Å². The van der Waals surface area contributed by atoms with Crippen molar-refractivity contribution in [2.45, 2.75) is 44.6 Å². The molecule has 8 nitrogen and oxygen atoms in total. The van der Waals surface area contributed by atoms with Crippen LogP contribution in [-0.2, 0) is 14.8 Å². The molecule has 9 heteroatoms. The van der Waals surface area contributed by atoms with E-state index in [1.165, 1.54) is 10.4 Å². The van der Waals surface area contributed by atoms with Crippen LogP contribution in [0.5, 0.6) is 0 Å². The number of likely N-dealkylation sites (tertiary alicyclic amines) is 1. The van der Waals surface area contributed by atoms with Gasteiger partial charge in [0.05, 0.1) is 11.9 Å². The van der Waals surface area contributed by atoms with Crippen molar-refractivity contribution in [3.05, 3.63) is 27.9 Å². The number of carbonyl (C=O) groups is 1. The van der Waals surface area contributed by atoms with Crippen molar-refractivity contribution in [2.24, 2.45) is 0 Å². The molecule has 0 bridgehead atoms. The fraction of sp³-hybridized carbons (Fsp3) is 0.688. The summed E-state index contributed by atoms with van der Waals surface area (Å²) in [5.74, 6) is 0.645. The number of H-pyrrole nitrogens is 1. The van der Waals surface area contributed by atoms with E-state index in [1.54, 1.807) is 11.8 Å². The van der Waals surface area contributed by atoms with E-state index in [1.807, 2.05) is 0 Å². The monoisotopic (exact) mass is 368 g/mol. The van der Waals surface area contributed by atoms with Gasteiger partial charge in [-0.25, -0.2) is 13.4 Å². The number of hydrogen-bond donors (Lipinski definition) is 1.